The molecule has 1 fully saturated rings. The van der Waals surface area contributed by atoms with Crippen molar-refractivity contribution < 1.29 is 14.3 Å². The Hall–Kier alpha value is -2.77. The number of aromatic carboxylic acids is 1. The van der Waals surface area contributed by atoms with Gasteiger partial charge in [0, 0.05) is 21.5 Å². The number of hydrogen-bond donors (Lipinski definition) is 1. The predicted molar refractivity (Wildman–Crippen MR) is 109 cm³/mol. The molecule has 0 bridgehead atoms. The van der Waals surface area contributed by atoms with E-state index in [4.69, 9.17) is 11.6 Å². The molecule has 1 aliphatic rings. The normalized spacial score (nSPS) is 13.8. The van der Waals surface area contributed by atoms with Gasteiger partial charge in [0.25, 0.3) is 0 Å². The number of rotatable bonds is 6. The van der Waals surface area contributed by atoms with E-state index in [1.807, 2.05) is 29.6 Å². The lowest BCUT2D eigenvalue weighted by Crippen LogP contribution is -2.19. The molecule has 8 heteroatoms. The zero-order valence-corrected chi connectivity index (χ0v) is 16.1. The van der Waals surface area contributed by atoms with Crippen molar-refractivity contribution in [3.63, 3.8) is 0 Å². The Kier molecular flexibility index (Phi) is 5.11. The van der Waals surface area contributed by atoms with Crippen molar-refractivity contribution >= 4 is 40.3 Å². The summed E-state index contributed by atoms with van der Waals surface area (Å²) in [5.41, 5.74) is 1.82. The Morgan fingerprint density at radius 1 is 1.32 bits per heavy atom. The van der Waals surface area contributed by atoms with Crippen molar-refractivity contribution in [1.82, 2.24) is 4.98 Å². The molecule has 1 saturated carbocycles. The summed E-state index contributed by atoms with van der Waals surface area (Å²) in [6.07, 6.45) is 3.40. The zero-order chi connectivity index (χ0) is 19.7. The van der Waals surface area contributed by atoms with Gasteiger partial charge in [0.05, 0.1) is 23.5 Å². The molecule has 1 N–H and O–H groups in total. The molecule has 0 spiro atoms. The van der Waals surface area contributed by atoms with Crippen LogP contribution < -0.4 is 5.01 Å². The fraction of sp³-hybridized carbons (Fsp3) is 0.150. The van der Waals surface area contributed by atoms with Gasteiger partial charge in [0.1, 0.15) is 5.82 Å². The monoisotopic (exact) mass is 415 g/mol. The van der Waals surface area contributed by atoms with E-state index in [1.54, 1.807) is 5.01 Å². The number of hydrazone groups is 1. The van der Waals surface area contributed by atoms with Gasteiger partial charge in [-0.3, -0.25) is 0 Å². The summed E-state index contributed by atoms with van der Waals surface area (Å²) in [4.78, 5) is 16.0. The summed E-state index contributed by atoms with van der Waals surface area (Å²) in [6.45, 7) is 0. The van der Waals surface area contributed by atoms with Gasteiger partial charge < -0.3 is 5.11 Å². The highest BCUT2D eigenvalue weighted by Crippen LogP contribution is 2.37. The quantitative estimate of drug-likeness (QED) is 0.438. The van der Waals surface area contributed by atoms with Crippen molar-refractivity contribution in [2.45, 2.75) is 18.9 Å². The van der Waals surface area contributed by atoms with Crippen molar-refractivity contribution in [3.8, 4) is 11.3 Å². The molecule has 1 heterocycles. The Labute approximate surface area is 169 Å². The van der Waals surface area contributed by atoms with Crippen LogP contribution in [0.2, 0.25) is 5.02 Å². The highest BCUT2D eigenvalue weighted by Gasteiger charge is 2.31. The minimum absolute atomic E-state index is 0.129. The molecule has 1 aromatic heterocycles. The second kappa shape index (κ2) is 7.69. The second-order valence-electron chi connectivity index (χ2n) is 6.35. The van der Waals surface area contributed by atoms with Crippen molar-refractivity contribution in [2.24, 2.45) is 5.10 Å². The van der Waals surface area contributed by atoms with Crippen LogP contribution in [-0.2, 0) is 0 Å². The van der Waals surface area contributed by atoms with Crippen LogP contribution in [0.1, 0.15) is 28.8 Å². The number of halogens is 2. The molecule has 142 valence electrons. The number of carbonyl (C=O) groups is 1. The summed E-state index contributed by atoms with van der Waals surface area (Å²) in [6, 6.07) is 11.3. The zero-order valence-electron chi connectivity index (χ0n) is 14.5. The minimum Gasteiger partial charge on any atom is -0.478 e. The second-order valence-corrected chi connectivity index (χ2v) is 7.60. The van der Waals surface area contributed by atoms with E-state index < -0.39 is 11.8 Å². The molecule has 2 aromatic carbocycles. The summed E-state index contributed by atoms with van der Waals surface area (Å²) in [5.74, 6) is -1.80. The lowest BCUT2D eigenvalue weighted by Gasteiger charge is -2.14. The standard InChI is InChI=1S/C20H15ClFN3O2S/c21-17-4-2-1-3-15(17)18-11-28-20(24-18)25(14-7-8-14)23-10-12-5-6-13(22)9-16(12)19(26)27/h1-6,9-11,14H,7-8H2,(H,26,27). The molecule has 0 atom stereocenters. The number of thiazole rings is 1. The van der Waals surface area contributed by atoms with Crippen molar-refractivity contribution in [2.75, 3.05) is 5.01 Å². The highest BCUT2D eigenvalue weighted by molar-refractivity contribution is 7.14. The molecule has 0 unspecified atom stereocenters. The van der Waals surface area contributed by atoms with E-state index in [0.717, 1.165) is 30.2 Å². The van der Waals surface area contributed by atoms with Crippen LogP contribution in [-0.4, -0.2) is 28.3 Å². The van der Waals surface area contributed by atoms with Crippen LogP contribution in [0.25, 0.3) is 11.3 Å². The maximum atomic E-state index is 13.4. The van der Waals surface area contributed by atoms with Crippen LogP contribution in [0.4, 0.5) is 9.52 Å². The first-order valence-corrected chi connectivity index (χ1v) is 9.85. The van der Waals surface area contributed by atoms with Crippen molar-refractivity contribution in [1.29, 1.82) is 0 Å². The topological polar surface area (TPSA) is 65.8 Å². The SMILES string of the molecule is O=C(O)c1cc(F)ccc1C=NN(c1nc(-c2ccccc2Cl)cs1)C1CC1. The Morgan fingerprint density at radius 3 is 2.82 bits per heavy atom. The van der Waals surface area contributed by atoms with Gasteiger partial charge in [-0.2, -0.15) is 5.10 Å². The van der Waals surface area contributed by atoms with Crippen LogP contribution in [0.5, 0.6) is 0 Å². The van der Waals surface area contributed by atoms with Crippen molar-refractivity contribution in [3.05, 3.63) is 69.8 Å². The van der Waals surface area contributed by atoms with Gasteiger partial charge >= 0.3 is 5.97 Å². The number of carboxylic acid groups (broad SMARTS) is 1. The Morgan fingerprint density at radius 2 is 2.11 bits per heavy atom. The van der Waals surface area contributed by atoms with Gasteiger partial charge in [-0.05, 0) is 37.1 Å². The third-order valence-electron chi connectivity index (χ3n) is 4.30. The third-order valence-corrected chi connectivity index (χ3v) is 5.46. The first kappa shape index (κ1) is 18.6. The van der Waals surface area contributed by atoms with E-state index in [-0.39, 0.29) is 11.6 Å². The molecule has 1 aliphatic carbocycles. The van der Waals surface area contributed by atoms with Crippen LogP contribution in [0.15, 0.2) is 52.9 Å². The van der Waals surface area contributed by atoms with E-state index in [9.17, 15) is 14.3 Å². The average molecular weight is 416 g/mol. The predicted octanol–water partition coefficient (Wildman–Crippen LogP) is 5.30. The first-order chi connectivity index (χ1) is 13.5. The van der Waals surface area contributed by atoms with Crippen LogP contribution in [0.3, 0.4) is 0 Å². The summed E-state index contributed by atoms with van der Waals surface area (Å²) in [7, 11) is 0. The fourth-order valence-corrected chi connectivity index (χ4v) is 3.82. The Balaban J connectivity index is 1.64. The average Bonchev–Trinajstić information content (AvgIpc) is 3.40. The largest absolute Gasteiger partial charge is 0.478 e. The number of anilines is 1. The summed E-state index contributed by atoms with van der Waals surface area (Å²) < 4.78 is 13.4. The fourth-order valence-electron chi connectivity index (χ4n) is 2.73. The summed E-state index contributed by atoms with van der Waals surface area (Å²) in [5, 5.41) is 18.8. The maximum Gasteiger partial charge on any atom is 0.336 e. The molecule has 0 amide bonds. The molecular weight excluding hydrogens is 401 g/mol. The molecule has 0 saturated heterocycles. The number of hydrogen-bond acceptors (Lipinski definition) is 5. The van der Waals surface area contributed by atoms with E-state index in [2.05, 4.69) is 10.1 Å². The van der Waals surface area contributed by atoms with Gasteiger partial charge in [0.2, 0.25) is 5.13 Å². The smallest absolute Gasteiger partial charge is 0.336 e. The molecule has 0 radical (unpaired) electrons. The van der Waals surface area contributed by atoms with E-state index >= 15 is 0 Å². The number of aromatic nitrogens is 1. The third kappa shape index (κ3) is 3.90. The Bertz CT molecular complexity index is 1070. The van der Waals surface area contributed by atoms with E-state index in [1.165, 1.54) is 29.7 Å². The lowest BCUT2D eigenvalue weighted by molar-refractivity contribution is 0.0696. The van der Waals surface area contributed by atoms with E-state index in [0.29, 0.717) is 15.7 Å². The number of carboxylic acids is 1. The summed E-state index contributed by atoms with van der Waals surface area (Å²) >= 11 is 7.70. The van der Waals surface area contributed by atoms with Crippen LogP contribution >= 0.6 is 22.9 Å². The highest BCUT2D eigenvalue weighted by atomic mass is 35.5. The van der Waals surface area contributed by atoms with Gasteiger partial charge in [-0.25, -0.2) is 19.2 Å². The molecule has 3 aromatic rings. The minimum atomic E-state index is -1.20. The van der Waals surface area contributed by atoms with Crippen LogP contribution in [0, 0.1) is 5.82 Å². The van der Waals surface area contributed by atoms with Gasteiger partial charge in [-0.15, -0.1) is 11.3 Å². The van der Waals surface area contributed by atoms with Gasteiger partial charge in [0.15, 0.2) is 0 Å². The number of benzene rings is 2. The number of nitrogens with zero attached hydrogens (tertiary/aromatic N) is 3. The maximum absolute atomic E-state index is 13.4. The molecule has 0 aliphatic heterocycles. The molecule has 5 nitrogen and oxygen atoms in total. The molecular formula is C20H15ClFN3O2S. The molecule has 4 rings (SSSR count). The first-order valence-electron chi connectivity index (χ1n) is 8.59. The van der Waals surface area contributed by atoms with Gasteiger partial charge in [-0.1, -0.05) is 29.8 Å². The lowest BCUT2D eigenvalue weighted by atomic mass is 10.1. The molecule has 28 heavy (non-hydrogen) atoms.